The molecule has 7 nitrogen and oxygen atoms in total. The molecule has 1 atom stereocenters. The zero-order valence-electron chi connectivity index (χ0n) is 13.8. The van der Waals surface area contributed by atoms with Crippen LogP contribution in [0.3, 0.4) is 0 Å². The number of carbonyl (C=O) groups is 4. The van der Waals surface area contributed by atoms with Gasteiger partial charge >= 0.3 is 5.97 Å². The van der Waals surface area contributed by atoms with Gasteiger partial charge in [0.1, 0.15) is 0 Å². The van der Waals surface area contributed by atoms with Crippen molar-refractivity contribution in [3.63, 3.8) is 0 Å². The van der Waals surface area contributed by atoms with E-state index in [9.17, 15) is 19.2 Å². The smallest absolute Gasteiger partial charge is 0.307 e. The molecule has 1 saturated heterocycles. The zero-order valence-corrected chi connectivity index (χ0v) is 14.6. The summed E-state index contributed by atoms with van der Waals surface area (Å²) in [5.74, 6) is -0.749. The van der Waals surface area contributed by atoms with E-state index in [1.165, 1.54) is 0 Å². The van der Waals surface area contributed by atoms with Crippen molar-refractivity contribution in [2.75, 3.05) is 18.8 Å². The minimum Gasteiger partial charge on any atom is -0.452 e. The van der Waals surface area contributed by atoms with E-state index in [0.29, 0.717) is 12.3 Å². The molecule has 1 fully saturated rings. The van der Waals surface area contributed by atoms with Crippen LogP contribution in [-0.2, 0) is 23.9 Å². The fourth-order valence-electron chi connectivity index (χ4n) is 1.93. The van der Waals surface area contributed by atoms with E-state index in [-0.39, 0.29) is 36.8 Å². The number of carbonyl (C=O) groups excluding carboxylic acids is 4. The number of amides is 2. The first-order valence-corrected chi connectivity index (χ1v) is 8.58. The van der Waals surface area contributed by atoms with E-state index in [2.05, 4.69) is 10.6 Å². The molecule has 8 heteroatoms. The number of hydrogen-bond acceptors (Lipinski definition) is 6. The average molecular weight is 344 g/mol. The Morgan fingerprint density at radius 3 is 2.35 bits per heavy atom. The summed E-state index contributed by atoms with van der Waals surface area (Å²) in [5.41, 5.74) is -0.589. The van der Waals surface area contributed by atoms with Crippen LogP contribution in [0.25, 0.3) is 0 Å². The van der Waals surface area contributed by atoms with Gasteiger partial charge in [-0.25, -0.2) is 0 Å². The maximum absolute atomic E-state index is 12.2. The first kappa shape index (κ1) is 19.5. The number of ether oxygens (including phenoxy) is 1. The Bertz CT molecular complexity index is 473. The van der Waals surface area contributed by atoms with Gasteiger partial charge < -0.3 is 15.4 Å². The highest BCUT2D eigenvalue weighted by atomic mass is 32.2. The summed E-state index contributed by atoms with van der Waals surface area (Å²) in [6.45, 7) is 5.89. The lowest BCUT2D eigenvalue weighted by atomic mass is 9.88. The predicted molar refractivity (Wildman–Crippen MR) is 86.7 cm³/mol. The Hall–Kier alpha value is -1.57. The Kier molecular flexibility index (Phi) is 7.54. The highest BCUT2D eigenvalue weighted by Crippen LogP contribution is 2.23. The van der Waals surface area contributed by atoms with Crippen LogP contribution in [0.4, 0.5) is 0 Å². The summed E-state index contributed by atoms with van der Waals surface area (Å²) >= 11 is 1.08. The van der Waals surface area contributed by atoms with E-state index in [4.69, 9.17) is 4.74 Å². The quantitative estimate of drug-likeness (QED) is 0.625. The molecule has 1 aliphatic rings. The summed E-state index contributed by atoms with van der Waals surface area (Å²) in [5, 5.41) is 5.16. The van der Waals surface area contributed by atoms with Crippen molar-refractivity contribution in [2.45, 2.75) is 46.1 Å². The van der Waals surface area contributed by atoms with Gasteiger partial charge in [-0.05, 0) is 0 Å². The maximum Gasteiger partial charge on any atom is 0.307 e. The Morgan fingerprint density at radius 2 is 1.70 bits per heavy atom. The van der Waals surface area contributed by atoms with Crippen molar-refractivity contribution in [3.05, 3.63) is 0 Å². The zero-order chi connectivity index (χ0) is 17.5. The van der Waals surface area contributed by atoms with Gasteiger partial charge in [0.15, 0.2) is 11.2 Å². The van der Waals surface area contributed by atoms with Crippen molar-refractivity contribution in [1.82, 2.24) is 10.6 Å². The van der Waals surface area contributed by atoms with Gasteiger partial charge in [0.2, 0.25) is 5.91 Å². The molecule has 0 aromatic rings. The van der Waals surface area contributed by atoms with Crippen LogP contribution in [0.2, 0.25) is 0 Å². The molecule has 0 aromatic carbocycles. The molecule has 0 radical (unpaired) electrons. The summed E-state index contributed by atoms with van der Waals surface area (Å²) in [6, 6.07) is 0. The fraction of sp³-hybridized carbons (Fsp3) is 0.733. The van der Waals surface area contributed by atoms with Crippen molar-refractivity contribution in [3.8, 4) is 0 Å². The van der Waals surface area contributed by atoms with Gasteiger partial charge in [0.05, 0.1) is 6.42 Å². The molecule has 0 spiro atoms. The molecule has 23 heavy (non-hydrogen) atoms. The monoisotopic (exact) mass is 344 g/mol. The number of esters is 1. The topological polar surface area (TPSA) is 102 Å². The third-order valence-electron chi connectivity index (χ3n) is 3.15. The molecule has 2 N–H and O–H groups in total. The molecule has 0 aliphatic carbocycles. The Morgan fingerprint density at radius 1 is 1.00 bits per heavy atom. The van der Waals surface area contributed by atoms with E-state index in [0.717, 1.165) is 11.8 Å². The molecule has 0 aromatic heterocycles. The molecule has 0 saturated carbocycles. The fourth-order valence-corrected chi connectivity index (χ4v) is 2.60. The molecule has 1 rings (SSSR count). The average Bonchev–Trinajstić information content (AvgIpc) is 2.45. The largest absolute Gasteiger partial charge is 0.452 e. The molecule has 1 aliphatic heterocycles. The van der Waals surface area contributed by atoms with Crippen molar-refractivity contribution < 1.29 is 23.9 Å². The standard InChI is InChI=1S/C15H24N2O5S/c1-15(2,3)13-14(21)17-7-6-10(18)16-8-9-23-12(20)5-4-11(19)22-13/h13H,4-9H2,1-3H3,(H,16,18)(H,17,21)/t13-/m0/s1. The highest BCUT2D eigenvalue weighted by Gasteiger charge is 2.34. The highest BCUT2D eigenvalue weighted by molar-refractivity contribution is 8.13. The third-order valence-corrected chi connectivity index (χ3v) is 4.08. The van der Waals surface area contributed by atoms with Crippen LogP contribution < -0.4 is 10.6 Å². The summed E-state index contributed by atoms with van der Waals surface area (Å²) in [7, 11) is 0. The lowest BCUT2D eigenvalue weighted by molar-refractivity contribution is -0.162. The van der Waals surface area contributed by atoms with Gasteiger partial charge in [-0.1, -0.05) is 32.5 Å². The molecular formula is C15H24N2O5S. The number of cyclic esters (lactones) is 1. The second-order valence-corrected chi connectivity index (χ2v) is 7.50. The number of rotatable bonds is 0. The summed E-state index contributed by atoms with van der Waals surface area (Å²) in [4.78, 5) is 47.4. The van der Waals surface area contributed by atoms with Crippen LogP contribution in [-0.4, -0.2) is 47.8 Å². The van der Waals surface area contributed by atoms with Crippen LogP contribution in [0.15, 0.2) is 0 Å². The van der Waals surface area contributed by atoms with Crippen LogP contribution in [0, 0.1) is 5.41 Å². The summed E-state index contributed by atoms with van der Waals surface area (Å²) in [6.07, 6.45) is -0.839. The second-order valence-electron chi connectivity index (χ2n) is 6.35. The molecule has 130 valence electrons. The predicted octanol–water partition coefficient (Wildman–Crippen LogP) is 0.620. The summed E-state index contributed by atoms with van der Waals surface area (Å²) < 4.78 is 5.27. The van der Waals surface area contributed by atoms with Gasteiger partial charge in [0.25, 0.3) is 5.91 Å². The Labute approximate surface area is 140 Å². The first-order valence-electron chi connectivity index (χ1n) is 7.59. The minimum atomic E-state index is -0.967. The minimum absolute atomic E-state index is 0.0515. The van der Waals surface area contributed by atoms with Crippen LogP contribution in [0.5, 0.6) is 0 Å². The molecule has 0 unspecified atom stereocenters. The van der Waals surface area contributed by atoms with E-state index in [1.807, 2.05) is 0 Å². The third kappa shape index (κ3) is 7.49. The van der Waals surface area contributed by atoms with E-state index in [1.54, 1.807) is 20.8 Å². The van der Waals surface area contributed by atoms with Gasteiger partial charge in [-0.15, -0.1) is 0 Å². The Balaban J connectivity index is 2.79. The maximum atomic E-state index is 12.2. The van der Waals surface area contributed by atoms with E-state index < -0.39 is 23.4 Å². The SMILES string of the molecule is CC(C)(C)[C@H]1OC(=O)CCC(=O)SCCNC(=O)CCNC1=O. The van der Waals surface area contributed by atoms with Crippen LogP contribution in [0.1, 0.15) is 40.0 Å². The second kappa shape index (κ2) is 8.90. The normalized spacial score (nSPS) is 23.2. The van der Waals surface area contributed by atoms with Crippen LogP contribution >= 0.6 is 11.8 Å². The number of thioether (sulfide) groups is 1. The molecule has 2 amide bonds. The molecule has 1 heterocycles. The van der Waals surface area contributed by atoms with Crippen molar-refractivity contribution in [1.29, 1.82) is 0 Å². The van der Waals surface area contributed by atoms with Crippen molar-refractivity contribution in [2.24, 2.45) is 5.41 Å². The molecule has 0 bridgehead atoms. The van der Waals surface area contributed by atoms with Gasteiger partial charge in [0, 0.05) is 37.1 Å². The molecular weight excluding hydrogens is 320 g/mol. The van der Waals surface area contributed by atoms with E-state index >= 15 is 0 Å². The lowest BCUT2D eigenvalue weighted by Gasteiger charge is -2.29. The number of nitrogens with one attached hydrogen (secondary N) is 2. The van der Waals surface area contributed by atoms with Gasteiger partial charge in [-0.2, -0.15) is 0 Å². The first-order chi connectivity index (χ1) is 10.7. The van der Waals surface area contributed by atoms with Crippen molar-refractivity contribution >= 4 is 34.7 Å². The lowest BCUT2D eigenvalue weighted by Crippen LogP contribution is -2.46. The van der Waals surface area contributed by atoms with Gasteiger partial charge in [-0.3, -0.25) is 19.2 Å². The number of hydrogen-bond donors (Lipinski definition) is 2.